The molecule has 1 saturated carbocycles. The maximum absolute atomic E-state index is 3.67. The van der Waals surface area contributed by atoms with Gasteiger partial charge in [-0.2, -0.15) is 0 Å². The fourth-order valence-corrected chi connectivity index (χ4v) is 8.85. The van der Waals surface area contributed by atoms with Gasteiger partial charge in [0.2, 0.25) is 0 Å². The Labute approximate surface area is 142 Å². The molecule has 1 fully saturated rings. The molecule has 1 heterocycles. The summed E-state index contributed by atoms with van der Waals surface area (Å²) < 4.78 is 4.81. The van der Waals surface area contributed by atoms with Gasteiger partial charge in [0.15, 0.2) is 0 Å². The molecule has 116 valence electrons. The smallest absolute Gasteiger partial charge is 0.0569 e. The van der Waals surface area contributed by atoms with E-state index in [4.69, 9.17) is 0 Å². The lowest BCUT2D eigenvalue weighted by atomic mass is 9.71. The number of hydrogen-bond acceptors (Lipinski definition) is 2. The summed E-state index contributed by atoms with van der Waals surface area (Å²) in [6.45, 7) is 7.62. The molecule has 0 bridgehead atoms. The van der Waals surface area contributed by atoms with Crippen molar-refractivity contribution in [2.24, 2.45) is 5.41 Å². The molecule has 1 aromatic carbocycles. The molecule has 1 N–H and O–H groups in total. The third kappa shape index (κ3) is 3.37. The third-order valence-electron chi connectivity index (χ3n) is 4.87. The number of fused-ring (bicyclic) bond motifs is 1. The SMILES string of the molecule is C[Si](C)(C)CC1(C2SNc3ccc(Br)cc32)CCCCC1. The van der Waals surface area contributed by atoms with Gasteiger partial charge in [-0.25, -0.2) is 0 Å². The van der Waals surface area contributed by atoms with Crippen molar-refractivity contribution in [2.75, 3.05) is 4.72 Å². The first kappa shape index (κ1) is 15.9. The van der Waals surface area contributed by atoms with Crippen LogP contribution in [0.4, 0.5) is 5.69 Å². The Hall–Kier alpha value is 0.0669. The molecular weight excluding hydrogens is 358 g/mol. The predicted octanol–water partition coefficient (Wildman–Crippen LogP) is 6.85. The van der Waals surface area contributed by atoms with Crippen LogP contribution in [0.2, 0.25) is 25.7 Å². The van der Waals surface area contributed by atoms with E-state index >= 15 is 0 Å². The highest BCUT2D eigenvalue weighted by Gasteiger charge is 2.46. The van der Waals surface area contributed by atoms with E-state index in [1.807, 2.05) is 11.9 Å². The summed E-state index contributed by atoms with van der Waals surface area (Å²) in [4.78, 5) is 0. The maximum Gasteiger partial charge on any atom is 0.0569 e. The van der Waals surface area contributed by atoms with Gasteiger partial charge >= 0.3 is 0 Å². The van der Waals surface area contributed by atoms with Gasteiger partial charge in [0.1, 0.15) is 0 Å². The summed E-state index contributed by atoms with van der Waals surface area (Å²) in [5, 5.41) is 0.636. The summed E-state index contributed by atoms with van der Waals surface area (Å²) in [6, 6.07) is 8.21. The Morgan fingerprint density at radius 1 is 1.24 bits per heavy atom. The molecule has 0 radical (unpaired) electrons. The van der Waals surface area contributed by atoms with E-state index in [-0.39, 0.29) is 0 Å². The van der Waals surface area contributed by atoms with Crippen LogP contribution in [0.15, 0.2) is 22.7 Å². The Balaban J connectivity index is 1.97. The molecule has 0 amide bonds. The Morgan fingerprint density at radius 3 is 2.62 bits per heavy atom. The van der Waals surface area contributed by atoms with Crippen LogP contribution in [0.3, 0.4) is 0 Å². The van der Waals surface area contributed by atoms with Gasteiger partial charge in [-0.3, -0.25) is 0 Å². The molecule has 1 aliphatic heterocycles. The number of hydrogen-bond donors (Lipinski definition) is 1. The van der Waals surface area contributed by atoms with Gasteiger partial charge in [0.25, 0.3) is 0 Å². The molecule has 0 saturated heterocycles. The Bertz CT molecular complexity index is 520. The molecule has 1 aliphatic carbocycles. The van der Waals surface area contributed by atoms with Gasteiger partial charge in [-0.05, 0) is 54.0 Å². The van der Waals surface area contributed by atoms with Crippen LogP contribution in [0.5, 0.6) is 0 Å². The predicted molar refractivity (Wildman–Crippen MR) is 102 cm³/mol. The molecule has 3 rings (SSSR count). The van der Waals surface area contributed by atoms with Crippen molar-refractivity contribution < 1.29 is 0 Å². The van der Waals surface area contributed by atoms with E-state index in [0.29, 0.717) is 10.7 Å². The van der Waals surface area contributed by atoms with Crippen molar-refractivity contribution in [3.63, 3.8) is 0 Å². The highest BCUT2D eigenvalue weighted by atomic mass is 79.9. The summed E-state index contributed by atoms with van der Waals surface area (Å²) in [6.07, 6.45) is 7.12. The zero-order valence-electron chi connectivity index (χ0n) is 13.3. The zero-order valence-corrected chi connectivity index (χ0v) is 16.7. The number of nitrogens with one attached hydrogen (secondary N) is 1. The van der Waals surface area contributed by atoms with Crippen molar-refractivity contribution in [3.05, 3.63) is 28.2 Å². The fourth-order valence-electron chi connectivity index (χ4n) is 4.33. The zero-order chi connectivity index (χ0) is 15.1. The fraction of sp³-hybridized carbons (Fsp3) is 0.647. The molecule has 4 heteroatoms. The minimum Gasteiger partial charge on any atom is -0.329 e. The Kier molecular flexibility index (Phi) is 4.50. The van der Waals surface area contributed by atoms with E-state index in [2.05, 4.69) is 58.5 Å². The van der Waals surface area contributed by atoms with Crippen molar-refractivity contribution in [3.8, 4) is 0 Å². The monoisotopic (exact) mass is 383 g/mol. The van der Waals surface area contributed by atoms with E-state index in [0.717, 1.165) is 0 Å². The highest BCUT2D eigenvalue weighted by molar-refractivity contribution is 9.10. The van der Waals surface area contributed by atoms with E-state index in [1.165, 1.54) is 53.9 Å². The topological polar surface area (TPSA) is 12.0 Å². The van der Waals surface area contributed by atoms with Crippen molar-refractivity contribution >= 4 is 41.6 Å². The minimum absolute atomic E-state index is 0.520. The number of benzene rings is 1. The van der Waals surface area contributed by atoms with E-state index in [1.54, 1.807) is 0 Å². The largest absolute Gasteiger partial charge is 0.329 e. The third-order valence-corrected chi connectivity index (χ3v) is 8.46. The lowest BCUT2D eigenvalue weighted by molar-refractivity contribution is 0.208. The van der Waals surface area contributed by atoms with Crippen LogP contribution in [0.25, 0.3) is 0 Å². The Morgan fingerprint density at radius 2 is 1.95 bits per heavy atom. The number of halogens is 1. The van der Waals surface area contributed by atoms with Crippen LogP contribution in [0.1, 0.15) is 42.9 Å². The molecule has 1 nitrogen and oxygen atoms in total. The van der Waals surface area contributed by atoms with Crippen LogP contribution < -0.4 is 4.72 Å². The van der Waals surface area contributed by atoms with Crippen LogP contribution >= 0.6 is 27.9 Å². The molecule has 1 unspecified atom stereocenters. The molecule has 0 aromatic heterocycles. The average molecular weight is 384 g/mol. The maximum atomic E-state index is 3.67. The summed E-state index contributed by atoms with van der Waals surface area (Å²) >= 11 is 5.64. The van der Waals surface area contributed by atoms with Crippen molar-refractivity contribution in [1.82, 2.24) is 0 Å². The first-order valence-electron chi connectivity index (χ1n) is 8.11. The second kappa shape index (κ2) is 5.93. The summed E-state index contributed by atoms with van der Waals surface area (Å²) in [5.41, 5.74) is 3.40. The molecule has 21 heavy (non-hydrogen) atoms. The van der Waals surface area contributed by atoms with Gasteiger partial charge in [-0.1, -0.05) is 60.9 Å². The van der Waals surface area contributed by atoms with Crippen LogP contribution in [0, 0.1) is 5.41 Å². The van der Waals surface area contributed by atoms with Gasteiger partial charge in [0, 0.05) is 18.2 Å². The van der Waals surface area contributed by atoms with E-state index in [9.17, 15) is 0 Å². The quantitative estimate of drug-likeness (QED) is 0.452. The van der Waals surface area contributed by atoms with Crippen LogP contribution in [-0.2, 0) is 0 Å². The summed E-state index contributed by atoms with van der Waals surface area (Å²) in [5.74, 6) is 0. The second-order valence-corrected chi connectivity index (χ2v) is 15.3. The number of rotatable bonds is 3. The lowest BCUT2D eigenvalue weighted by Gasteiger charge is -2.45. The van der Waals surface area contributed by atoms with Crippen molar-refractivity contribution in [1.29, 1.82) is 0 Å². The second-order valence-electron chi connectivity index (χ2n) is 7.99. The molecular formula is C17H26BrNSSi. The molecule has 1 aromatic rings. The van der Waals surface area contributed by atoms with Crippen LogP contribution in [-0.4, -0.2) is 8.07 Å². The first-order chi connectivity index (χ1) is 9.90. The van der Waals surface area contributed by atoms with Gasteiger partial charge in [-0.15, -0.1) is 0 Å². The van der Waals surface area contributed by atoms with Crippen molar-refractivity contribution in [2.45, 2.75) is 63.0 Å². The van der Waals surface area contributed by atoms with E-state index < -0.39 is 8.07 Å². The first-order valence-corrected chi connectivity index (χ1v) is 13.5. The normalized spacial score (nSPS) is 24.5. The average Bonchev–Trinajstić information content (AvgIpc) is 2.81. The molecule has 2 aliphatic rings. The van der Waals surface area contributed by atoms with Gasteiger partial charge < -0.3 is 4.72 Å². The highest BCUT2D eigenvalue weighted by Crippen LogP contribution is 2.60. The standard InChI is InChI=1S/C17H26BrNSSi/c1-21(2,3)12-17(9-5-4-6-10-17)16-14-11-13(18)7-8-15(14)19-20-16/h7-8,11,16,19H,4-6,9-10,12H2,1-3H3. The lowest BCUT2D eigenvalue weighted by Crippen LogP contribution is -2.37. The minimum atomic E-state index is -1.07. The summed E-state index contributed by atoms with van der Waals surface area (Å²) in [7, 11) is -1.07. The number of anilines is 1. The molecule has 1 atom stereocenters. The van der Waals surface area contributed by atoms with Gasteiger partial charge in [0.05, 0.1) is 5.25 Å². The molecule has 0 spiro atoms.